The molecule has 0 aliphatic carbocycles. The highest BCUT2D eigenvalue weighted by molar-refractivity contribution is 5.76. The number of imidazole rings is 1. The van der Waals surface area contributed by atoms with Crippen LogP contribution >= 0.6 is 0 Å². The number of hydrogen-bond acceptors (Lipinski definition) is 6. The molecule has 0 amide bonds. The normalized spacial score (nSPS) is 12.4. The highest BCUT2D eigenvalue weighted by atomic mass is 15.3. The second-order valence-corrected chi connectivity index (χ2v) is 5.07. The first-order chi connectivity index (χ1) is 11.3. The van der Waals surface area contributed by atoms with E-state index in [4.69, 9.17) is 0 Å². The van der Waals surface area contributed by atoms with Crippen LogP contribution in [0.3, 0.4) is 0 Å². The van der Waals surface area contributed by atoms with Crippen LogP contribution in [0.1, 0.15) is 13.1 Å². The molecule has 0 saturated heterocycles. The van der Waals surface area contributed by atoms with E-state index < -0.39 is 0 Å². The van der Waals surface area contributed by atoms with E-state index in [1.165, 1.54) is 0 Å². The van der Waals surface area contributed by atoms with Gasteiger partial charge in [0, 0.05) is 6.20 Å². The van der Waals surface area contributed by atoms with Crippen molar-refractivity contribution in [3.05, 3.63) is 55.5 Å². The molecule has 0 saturated carbocycles. The predicted molar refractivity (Wildman–Crippen MR) is 85.0 cm³/mol. The van der Waals surface area contributed by atoms with Crippen LogP contribution < -0.4 is 5.32 Å². The molecule has 8 nitrogen and oxygen atoms in total. The third-order valence-electron chi connectivity index (χ3n) is 3.56. The number of anilines is 1. The molecule has 4 rings (SSSR count). The molecule has 114 valence electrons. The summed E-state index contributed by atoms with van der Waals surface area (Å²) in [6.45, 7) is 1.98. The Morgan fingerprint density at radius 3 is 2.70 bits per heavy atom. The lowest BCUT2D eigenvalue weighted by Gasteiger charge is -2.14. The van der Waals surface area contributed by atoms with E-state index in [-0.39, 0.29) is 6.17 Å². The maximum atomic E-state index is 4.56. The fourth-order valence-corrected chi connectivity index (χ4v) is 2.36. The third kappa shape index (κ3) is 2.50. The molecule has 1 atom stereocenters. The molecule has 3 aromatic heterocycles. The predicted octanol–water partition coefficient (Wildman–Crippen LogP) is 2.04. The van der Waals surface area contributed by atoms with E-state index in [1.54, 1.807) is 25.2 Å². The summed E-state index contributed by atoms with van der Waals surface area (Å²) in [4.78, 5) is 13.2. The Morgan fingerprint density at radius 2 is 1.83 bits per heavy atom. The van der Waals surface area contributed by atoms with Crippen LogP contribution in [-0.2, 0) is 0 Å². The highest BCUT2D eigenvalue weighted by Gasteiger charge is 2.09. The molecule has 3 heterocycles. The Balaban J connectivity index is 1.66. The standard InChI is InChI=1S/C15H14N8/c1-11(22-9-18-19-10-22)20-15-16-7-6-14(21-15)23-8-17-12-4-2-3-5-13(12)23/h2-11H,1H3,(H,16,20,21). The lowest BCUT2D eigenvalue weighted by Crippen LogP contribution is -2.15. The van der Waals surface area contributed by atoms with Gasteiger partial charge in [-0.3, -0.25) is 9.13 Å². The molecule has 23 heavy (non-hydrogen) atoms. The zero-order valence-corrected chi connectivity index (χ0v) is 12.4. The number of aromatic nitrogens is 7. The summed E-state index contributed by atoms with van der Waals surface area (Å²) >= 11 is 0. The first-order valence-electron chi connectivity index (χ1n) is 7.17. The number of fused-ring (bicyclic) bond motifs is 1. The second-order valence-electron chi connectivity index (χ2n) is 5.07. The fraction of sp³-hybridized carbons (Fsp3) is 0.133. The number of para-hydroxylation sites is 2. The van der Waals surface area contributed by atoms with Gasteiger partial charge in [-0.05, 0) is 25.1 Å². The van der Waals surface area contributed by atoms with Gasteiger partial charge in [-0.25, -0.2) is 9.97 Å². The zero-order chi connectivity index (χ0) is 15.6. The maximum absolute atomic E-state index is 4.56. The van der Waals surface area contributed by atoms with E-state index in [9.17, 15) is 0 Å². The lowest BCUT2D eigenvalue weighted by molar-refractivity contribution is 0.606. The van der Waals surface area contributed by atoms with Gasteiger partial charge in [0.15, 0.2) is 0 Å². The van der Waals surface area contributed by atoms with E-state index in [1.807, 2.05) is 46.4 Å². The average molecular weight is 306 g/mol. The second kappa shape index (κ2) is 5.48. The quantitative estimate of drug-likeness (QED) is 0.621. The van der Waals surface area contributed by atoms with E-state index in [0.29, 0.717) is 5.95 Å². The van der Waals surface area contributed by atoms with E-state index in [2.05, 4.69) is 30.5 Å². The van der Waals surface area contributed by atoms with Crippen molar-refractivity contribution in [2.75, 3.05) is 5.32 Å². The summed E-state index contributed by atoms with van der Waals surface area (Å²) in [5.74, 6) is 1.29. The van der Waals surface area contributed by atoms with E-state index >= 15 is 0 Å². The molecule has 1 aromatic carbocycles. The molecule has 8 heteroatoms. The molecule has 0 fully saturated rings. The van der Waals surface area contributed by atoms with Crippen LogP contribution in [0.2, 0.25) is 0 Å². The first kappa shape index (κ1) is 13.4. The van der Waals surface area contributed by atoms with E-state index in [0.717, 1.165) is 16.9 Å². The van der Waals surface area contributed by atoms with Crippen molar-refractivity contribution in [3.63, 3.8) is 0 Å². The van der Waals surface area contributed by atoms with Crippen LogP contribution in [0.15, 0.2) is 55.5 Å². The van der Waals surface area contributed by atoms with Gasteiger partial charge in [-0.1, -0.05) is 12.1 Å². The van der Waals surface area contributed by atoms with Gasteiger partial charge >= 0.3 is 0 Å². The summed E-state index contributed by atoms with van der Waals surface area (Å²) in [5, 5.41) is 10.8. The summed E-state index contributed by atoms with van der Waals surface area (Å²) in [7, 11) is 0. The topological polar surface area (TPSA) is 86.3 Å². The zero-order valence-electron chi connectivity index (χ0n) is 12.4. The minimum Gasteiger partial charge on any atom is -0.334 e. The van der Waals surface area contributed by atoms with Crippen molar-refractivity contribution in [2.24, 2.45) is 0 Å². The van der Waals surface area contributed by atoms with Crippen molar-refractivity contribution in [2.45, 2.75) is 13.1 Å². The number of hydrogen-bond donors (Lipinski definition) is 1. The molecule has 4 aromatic rings. The van der Waals surface area contributed by atoms with Crippen molar-refractivity contribution < 1.29 is 0 Å². The molecule has 0 aliphatic heterocycles. The molecule has 0 bridgehead atoms. The third-order valence-corrected chi connectivity index (χ3v) is 3.56. The Bertz CT molecular complexity index is 927. The van der Waals surface area contributed by atoms with Crippen molar-refractivity contribution in [1.29, 1.82) is 0 Å². The van der Waals surface area contributed by atoms with Gasteiger partial charge in [0.05, 0.1) is 11.0 Å². The van der Waals surface area contributed by atoms with Crippen LogP contribution in [0.25, 0.3) is 16.9 Å². The summed E-state index contributed by atoms with van der Waals surface area (Å²) < 4.78 is 3.77. The van der Waals surface area contributed by atoms with Crippen LogP contribution in [-0.4, -0.2) is 34.3 Å². The Morgan fingerprint density at radius 1 is 1.00 bits per heavy atom. The summed E-state index contributed by atoms with van der Waals surface area (Å²) in [6, 6.07) is 9.78. The summed E-state index contributed by atoms with van der Waals surface area (Å²) in [6.07, 6.45) is 6.72. The minimum atomic E-state index is -0.0558. The highest BCUT2D eigenvalue weighted by Crippen LogP contribution is 2.17. The largest absolute Gasteiger partial charge is 0.334 e. The van der Waals surface area contributed by atoms with Crippen LogP contribution in [0, 0.1) is 0 Å². The van der Waals surface area contributed by atoms with Gasteiger partial charge in [-0.15, -0.1) is 10.2 Å². The summed E-state index contributed by atoms with van der Waals surface area (Å²) in [5.41, 5.74) is 1.93. The molecule has 1 unspecified atom stereocenters. The fourth-order valence-electron chi connectivity index (χ4n) is 2.36. The number of benzene rings is 1. The average Bonchev–Trinajstić information content (AvgIpc) is 3.25. The molecule has 0 spiro atoms. The van der Waals surface area contributed by atoms with Gasteiger partial charge in [0.2, 0.25) is 5.95 Å². The molecule has 0 radical (unpaired) electrons. The maximum Gasteiger partial charge on any atom is 0.226 e. The molecule has 0 aliphatic rings. The van der Waals surface area contributed by atoms with Crippen LogP contribution in [0.5, 0.6) is 0 Å². The van der Waals surface area contributed by atoms with Gasteiger partial charge in [0.25, 0.3) is 0 Å². The van der Waals surface area contributed by atoms with Crippen molar-refractivity contribution in [3.8, 4) is 5.82 Å². The first-order valence-corrected chi connectivity index (χ1v) is 7.17. The minimum absolute atomic E-state index is 0.0558. The molecular formula is C15H14N8. The van der Waals surface area contributed by atoms with Gasteiger partial charge in [0.1, 0.15) is 31.0 Å². The van der Waals surface area contributed by atoms with Crippen LogP contribution in [0.4, 0.5) is 5.95 Å². The molecular weight excluding hydrogens is 292 g/mol. The van der Waals surface area contributed by atoms with Gasteiger partial charge < -0.3 is 5.32 Å². The number of nitrogens with one attached hydrogen (secondary N) is 1. The van der Waals surface area contributed by atoms with Crippen molar-refractivity contribution >= 4 is 17.0 Å². The van der Waals surface area contributed by atoms with Gasteiger partial charge in [-0.2, -0.15) is 4.98 Å². The van der Waals surface area contributed by atoms with Crippen molar-refractivity contribution in [1.82, 2.24) is 34.3 Å². The number of rotatable bonds is 4. The Kier molecular flexibility index (Phi) is 3.19. The Hall–Kier alpha value is -3.29. The monoisotopic (exact) mass is 306 g/mol. The molecule has 1 N–H and O–H groups in total. The number of nitrogens with zero attached hydrogens (tertiary/aromatic N) is 7. The smallest absolute Gasteiger partial charge is 0.226 e. The SMILES string of the molecule is CC(Nc1nccc(-n2cnc3ccccc32)n1)n1cnnc1. The lowest BCUT2D eigenvalue weighted by atomic mass is 10.3. The Labute approximate surface area is 131 Å².